The van der Waals surface area contributed by atoms with Gasteiger partial charge in [-0.1, -0.05) is 35.3 Å². The van der Waals surface area contributed by atoms with Crippen molar-refractivity contribution >= 4 is 10.0 Å². The summed E-state index contributed by atoms with van der Waals surface area (Å²) < 4.78 is 26.6. The lowest BCUT2D eigenvalue weighted by Crippen LogP contribution is -2.23. The molecule has 1 aromatic rings. The number of nitrogens with one attached hydrogen (secondary N) is 1. The molecule has 0 heterocycles. The maximum atomic E-state index is 12.0. The molecule has 0 fully saturated rings. The largest absolute Gasteiger partial charge is 0.384 e. The van der Waals surface area contributed by atoms with Gasteiger partial charge in [0.1, 0.15) is 6.61 Å². The molecule has 0 aromatic heterocycles. The van der Waals surface area contributed by atoms with Gasteiger partial charge in [-0.2, -0.15) is 0 Å². The number of rotatable bonds is 6. The van der Waals surface area contributed by atoms with Crippen LogP contribution in [0.15, 0.2) is 40.8 Å². The Kier molecular flexibility index (Phi) is 7.17. The fourth-order valence-corrected chi connectivity index (χ4v) is 2.60. The quantitative estimate of drug-likeness (QED) is 0.624. The Balaban J connectivity index is 2.52. The summed E-state index contributed by atoms with van der Waals surface area (Å²) in [4.78, 5) is 0.271. The van der Waals surface area contributed by atoms with Crippen molar-refractivity contribution in [3.05, 3.63) is 41.5 Å². The number of sulfonamides is 1. The average Bonchev–Trinajstić information content (AvgIpc) is 2.44. The van der Waals surface area contributed by atoms with Crippen LogP contribution < -0.4 is 4.72 Å². The summed E-state index contributed by atoms with van der Waals surface area (Å²) in [7, 11) is -3.46. The molecule has 0 aliphatic heterocycles. The number of hydrogen-bond acceptors (Lipinski definition) is 3. The minimum atomic E-state index is -3.46. The lowest BCUT2D eigenvalue weighted by Gasteiger charge is -2.05. The lowest BCUT2D eigenvalue weighted by atomic mass is 10.1. The zero-order valence-corrected chi connectivity index (χ0v) is 13.2. The van der Waals surface area contributed by atoms with Gasteiger partial charge in [-0.15, -0.1) is 5.92 Å². The Bertz CT molecular complexity index is 634. The first-order chi connectivity index (χ1) is 9.95. The summed E-state index contributed by atoms with van der Waals surface area (Å²) in [5, 5.41) is 8.52. The molecule has 1 aromatic carbocycles. The molecule has 114 valence electrons. The second kappa shape index (κ2) is 8.63. The van der Waals surface area contributed by atoms with Gasteiger partial charge in [0.25, 0.3) is 0 Å². The fraction of sp³-hybridized carbons (Fsp3) is 0.375. The van der Waals surface area contributed by atoms with Gasteiger partial charge >= 0.3 is 0 Å². The molecule has 0 bridgehead atoms. The molecule has 0 spiro atoms. The molecular formula is C16H21NO3S. The number of aliphatic hydroxyl groups excluding tert-OH is 1. The van der Waals surface area contributed by atoms with Crippen molar-refractivity contribution in [1.29, 1.82) is 0 Å². The molecule has 0 aliphatic rings. The molecule has 2 N–H and O–H groups in total. The summed E-state index contributed by atoms with van der Waals surface area (Å²) in [5.74, 6) is 5.40. The second-order valence-electron chi connectivity index (χ2n) is 4.73. The van der Waals surface area contributed by atoms with E-state index in [0.29, 0.717) is 6.42 Å². The van der Waals surface area contributed by atoms with Crippen LogP contribution in [0.1, 0.15) is 25.3 Å². The molecule has 0 radical (unpaired) electrons. The van der Waals surface area contributed by atoms with Crippen molar-refractivity contribution in [3.8, 4) is 11.8 Å². The Morgan fingerprint density at radius 1 is 1.29 bits per heavy atom. The topological polar surface area (TPSA) is 66.4 Å². The van der Waals surface area contributed by atoms with Crippen molar-refractivity contribution < 1.29 is 13.5 Å². The normalized spacial score (nSPS) is 11.9. The Hall–Kier alpha value is -1.61. The zero-order valence-electron chi connectivity index (χ0n) is 12.4. The number of hydrogen-bond donors (Lipinski definition) is 2. The molecule has 1 rings (SSSR count). The van der Waals surface area contributed by atoms with Crippen LogP contribution in [0.25, 0.3) is 0 Å². The molecule has 0 saturated carbocycles. The third kappa shape index (κ3) is 6.58. The number of aliphatic hydroxyl groups is 1. The monoisotopic (exact) mass is 307 g/mol. The zero-order chi connectivity index (χ0) is 15.7. The number of benzene rings is 1. The average molecular weight is 307 g/mol. The molecule has 0 unspecified atom stereocenters. The predicted molar refractivity (Wildman–Crippen MR) is 84.2 cm³/mol. The fourth-order valence-electron chi connectivity index (χ4n) is 1.63. The molecule has 5 heteroatoms. The van der Waals surface area contributed by atoms with Crippen molar-refractivity contribution in [3.63, 3.8) is 0 Å². The van der Waals surface area contributed by atoms with E-state index in [4.69, 9.17) is 5.11 Å². The lowest BCUT2D eigenvalue weighted by molar-refractivity contribution is 0.350. The molecule has 0 amide bonds. The maximum Gasteiger partial charge on any atom is 0.240 e. The summed E-state index contributed by atoms with van der Waals surface area (Å²) in [5.41, 5.74) is 2.09. The van der Waals surface area contributed by atoms with Gasteiger partial charge in [0.2, 0.25) is 10.0 Å². The standard InChI is InChI=1S/C16H21NO3S/c1-14(6-4-3-5-13-18)11-12-17-21(19,20)16-9-7-15(2)8-10-16/h7-11,17-18H,4,6,12-13H2,1-2H3/b14-11-. The smallest absolute Gasteiger partial charge is 0.240 e. The van der Waals surface area contributed by atoms with Crippen LogP contribution >= 0.6 is 0 Å². The van der Waals surface area contributed by atoms with E-state index < -0.39 is 10.0 Å². The first-order valence-electron chi connectivity index (χ1n) is 6.74. The van der Waals surface area contributed by atoms with Crippen LogP contribution in [0.5, 0.6) is 0 Å². The highest BCUT2D eigenvalue weighted by Gasteiger charge is 2.11. The SMILES string of the molecule is C/C(=C/CNS(=O)(=O)c1ccc(C)cc1)CCC#CCO. The number of aryl methyl sites for hydroxylation is 1. The molecular weight excluding hydrogens is 286 g/mol. The summed E-state index contributed by atoms with van der Waals surface area (Å²) in [6.45, 7) is 3.98. The van der Waals surface area contributed by atoms with Crippen molar-refractivity contribution in [1.82, 2.24) is 4.72 Å². The van der Waals surface area contributed by atoms with Crippen molar-refractivity contribution in [2.24, 2.45) is 0 Å². The number of allylic oxidation sites excluding steroid dienone is 1. The van der Waals surface area contributed by atoms with E-state index >= 15 is 0 Å². The maximum absolute atomic E-state index is 12.0. The van der Waals surface area contributed by atoms with Gasteiger partial charge in [-0.25, -0.2) is 13.1 Å². The second-order valence-corrected chi connectivity index (χ2v) is 6.49. The van der Waals surface area contributed by atoms with Crippen LogP contribution in [0.4, 0.5) is 0 Å². The van der Waals surface area contributed by atoms with Gasteiger partial charge < -0.3 is 5.11 Å². The minimum Gasteiger partial charge on any atom is -0.384 e. The van der Waals surface area contributed by atoms with E-state index in [0.717, 1.165) is 17.6 Å². The minimum absolute atomic E-state index is 0.126. The van der Waals surface area contributed by atoms with Crippen LogP contribution in [0.3, 0.4) is 0 Å². The molecule has 21 heavy (non-hydrogen) atoms. The first kappa shape index (κ1) is 17.4. The summed E-state index contributed by atoms with van der Waals surface area (Å²) >= 11 is 0. The van der Waals surface area contributed by atoms with Gasteiger partial charge in [0.05, 0.1) is 4.90 Å². The Morgan fingerprint density at radius 3 is 2.57 bits per heavy atom. The third-order valence-electron chi connectivity index (χ3n) is 2.90. The summed E-state index contributed by atoms with van der Waals surface area (Å²) in [6.07, 6.45) is 3.26. The highest BCUT2D eigenvalue weighted by molar-refractivity contribution is 7.89. The van der Waals surface area contributed by atoms with Crippen LogP contribution in [-0.4, -0.2) is 26.7 Å². The molecule has 0 aliphatic carbocycles. The van der Waals surface area contributed by atoms with E-state index in [9.17, 15) is 8.42 Å². The van der Waals surface area contributed by atoms with Crippen LogP contribution in [-0.2, 0) is 10.0 Å². The third-order valence-corrected chi connectivity index (χ3v) is 4.34. The van der Waals surface area contributed by atoms with Crippen molar-refractivity contribution in [2.75, 3.05) is 13.2 Å². The van der Waals surface area contributed by atoms with Gasteiger partial charge in [-0.3, -0.25) is 0 Å². The highest BCUT2D eigenvalue weighted by atomic mass is 32.2. The van der Waals surface area contributed by atoms with Crippen LogP contribution in [0, 0.1) is 18.8 Å². The van der Waals surface area contributed by atoms with E-state index in [1.165, 1.54) is 0 Å². The Morgan fingerprint density at radius 2 is 1.95 bits per heavy atom. The van der Waals surface area contributed by atoms with Crippen molar-refractivity contribution in [2.45, 2.75) is 31.6 Å². The molecule has 0 atom stereocenters. The molecule has 4 nitrogen and oxygen atoms in total. The van der Waals surface area contributed by atoms with E-state index in [1.807, 2.05) is 19.9 Å². The Labute approximate surface area is 126 Å². The van der Waals surface area contributed by atoms with E-state index in [1.54, 1.807) is 24.3 Å². The summed E-state index contributed by atoms with van der Waals surface area (Å²) in [6, 6.07) is 6.74. The predicted octanol–water partition coefficient (Wildman–Crippen LogP) is 2.00. The van der Waals surface area contributed by atoms with Gasteiger partial charge in [0.15, 0.2) is 0 Å². The highest BCUT2D eigenvalue weighted by Crippen LogP contribution is 2.10. The molecule has 0 saturated heterocycles. The van der Waals surface area contributed by atoms with Gasteiger partial charge in [-0.05, 0) is 32.4 Å². The van der Waals surface area contributed by atoms with E-state index in [2.05, 4.69) is 16.6 Å². The first-order valence-corrected chi connectivity index (χ1v) is 8.22. The van der Waals surface area contributed by atoms with Crippen LogP contribution in [0.2, 0.25) is 0 Å². The van der Waals surface area contributed by atoms with Gasteiger partial charge in [0, 0.05) is 13.0 Å². The van der Waals surface area contributed by atoms with E-state index in [-0.39, 0.29) is 18.0 Å².